The Kier molecular flexibility index (Phi) is 9.31. The Morgan fingerprint density at radius 3 is 1.50 bits per heavy atom. The first-order chi connectivity index (χ1) is 24.0. The molecule has 2 saturated carbocycles. The molecule has 4 aliphatic carbocycles. The van der Waals surface area contributed by atoms with Crippen molar-refractivity contribution in [1.82, 2.24) is 19.8 Å². The SMILES string of the molecule is CN(C)C(OC(=O)CCC(=O)OC(C1=C(c2nc3ccc(Cl)cc3s2)C2CCC1C2)N(C)C)C1=C(c2nc3ccc(Cl)cc3s2)C2CCC1C2. The van der Waals surface area contributed by atoms with Crippen LogP contribution in [-0.2, 0) is 19.1 Å². The second kappa shape index (κ2) is 13.6. The van der Waals surface area contributed by atoms with E-state index < -0.39 is 24.4 Å². The van der Waals surface area contributed by atoms with Crippen LogP contribution in [0.15, 0.2) is 47.5 Å². The summed E-state index contributed by atoms with van der Waals surface area (Å²) in [7, 11) is 7.74. The fourth-order valence-corrected chi connectivity index (χ4v) is 11.5. The van der Waals surface area contributed by atoms with E-state index in [1.54, 1.807) is 22.7 Å². The number of hydrogen-bond acceptors (Lipinski definition) is 10. The number of hydrogen-bond donors (Lipinski definition) is 0. The van der Waals surface area contributed by atoms with E-state index in [2.05, 4.69) is 0 Å². The van der Waals surface area contributed by atoms with Gasteiger partial charge in [-0.3, -0.25) is 19.4 Å². The predicted molar refractivity (Wildman–Crippen MR) is 201 cm³/mol. The van der Waals surface area contributed by atoms with Gasteiger partial charge in [0.25, 0.3) is 0 Å². The smallest absolute Gasteiger partial charge is 0.308 e. The zero-order valence-electron chi connectivity index (χ0n) is 28.6. The van der Waals surface area contributed by atoms with Crippen LogP contribution >= 0.6 is 45.9 Å². The summed E-state index contributed by atoms with van der Waals surface area (Å²) in [6, 6.07) is 11.6. The molecule has 2 heterocycles. The number of rotatable bonds is 11. The van der Waals surface area contributed by atoms with Gasteiger partial charge in [-0.2, -0.15) is 0 Å². The minimum absolute atomic E-state index is 0.0593. The number of halogens is 2. The van der Waals surface area contributed by atoms with Gasteiger partial charge in [0.1, 0.15) is 10.0 Å². The molecule has 2 aromatic heterocycles. The lowest BCUT2D eigenvalue weighted by Gasteiger charge is -2.31. The second-order valence-corrected chi connectivity index (χ2v) is 17.5. The summed E-state index contributed by atoms with van der Waals surface area (Å²) in [5.41, 5.74) is 6.57. The second-order valence-electron chi connectivity index (χ2n) is 14.5. The van der Waals surface area contributed by atoms with Crippen LogP contribution in [0.25, 0.3) is 31.6 Å². The Labute approximate surface area is 310 Å². The summed E-state index contributed by atoms with van der Waals surface area (Å²) in [5.74, 6) is 0.648. The largest absolute Gasteiger partial charge is 0.442 e. The van der Waals surface area contributed by atoms with Gasteiger partial charge in [0.15, 0.2) is 12.5 Å². The summed E-state index contributed by atoms with van der Waals surface area (Å²) in [5, 5.41) is 3.35. The van der Waals surface area contributed by atoms with Gasteiger partial charge in [-0.15, -0.1) is 22.7 Å². The molecule has 4 bridgehead atoms. The van der Waals surface area contributed by atoms with E-state index in [4.69, 9.17) is 42.6 Å². The number of nitrogens with zero attached hydrogens (tertiary/aromatic N) is 4. The maximum atomic E-state index is 13.4. The van der Waals surface area contributed by atoms with Crippen LogP contribution in [0.1, 0.15) is 61.4 Å². The summed E-state index contributed by atoms with van der Waals surface area (Å²) < 4.78 is 14.5. The first kappa shape index (κ1) is 34.2. The van der Waals surface area contributed by atoms with Crippen LogP contribution < -0.4 is 0 Å². The van der Waals surface area contributed by atoms with E-state index in [1.807, 2.05) is 74.4 Å². The monoisotopic (exact) mass is 750 g/mol. The Morgan fingerprint density at radius 2 is 1.10 bits per heavy atom. The first-order valence-electron chi connectivity index (χ1n) is 17.4. The average Bonchev–Trinajstić information content (AvgIpc) is 3.93. The molecule has 6 unspecified atom stereocenters. The van der Waals surface area contributed by atoms with E-state index in [0.717, 1.165) is 80.1 Å². The minimum Gasteiger partial charge on any atom is -0.442 e. The number of thiazole rings is 2. The summed E-state index contributed by atoms with van der Waals surface area (Å²) >= 11 is 15.9. The van der Waals surface area contributed by atoms with E-state index in [0.29, 0.717) is 33.7 Å². The van der Waals surface area contributed by atoms with E-state index >= 15 is 0 Å². The van der Waals surface area contributed by atoms with Crippen molar-refractivity contribution in [2.24, 2.45) is 23.7 Å². The first-order valence-corrected chi connectivity index (χ1v) is 19.8. The number of carbonyl (C=O) groups excluding carboxylic acids is 2. The molecule has 2 fully saturated rings. The molecule has 4 aromatic rings. The molecule has 4 aliphatic rings. The highest BCUT2D eigenvalue weighted by atomic mass is 35.5. The summed E-state index contributed by atoms with van der Waals surface area (Å²) in [4.78, 5) is 40.7. The average molecular weight is 752 g/mol. The molecule has 0 N–H and O–H groups in total. The third-order valence-corrected chi connectivity index (χ3v) is 13.4. The fraction of sp³-hybridized carbons (Fsp3) is 0.474. The van der Waals surface area contributed by atoms with Crippen LogP contribution in [0, 0.1) is 23.7 Å². The minimum atomic E-state index is -0.528. The molecule has 8 nitrogen and oxygen atoms in total. The molecule has 0 saturated heterocycles. The number of carbonyl (C=O) groups is 2. The normalized spacial score (nSPS) is 24.1. The van der Waals surface area contributed by atoms with Crippen LogP contribution in [0.2, 0.25) is 10.0 Å². The highest BCUT2D eigenvalue weighted by Gasteiger charge is 2.46. The molecule has 0 spiro atoms. The van der Waals surface area contributed by atoms with Crippen molar-refractivity contribution in [1.29, 1.82) is 0 Å². The number of aromatic nitrogens is 2. The van der Waals surface area contributed by atoms with Gasteiger partial charge in [-0.05, 0) is 149 Å². The topological polar surface area (TPSA) is 84.9 Å². The van der Waals surface area contributed by atoms with Gasteiger partial charge in [0.2, 0.25) is 0 Å². The van der Waals surface area contributed by atoms with Gasteiger partial charge in [-0.25, -0.2) is 9.97 Å². The highest BCUT2D eigenvalue weighted by Crippen LogP contribution is 2.56. The number of ether oxygens (including phenoxy) is 2. The Hall–Kier alpha value is -2.86. The quantitative estimate of drug-likeness (QED) is 0.111. The molecule has 0 amide bonds. The Balaban J connectivity index is 0.985. The molecule has 8 rings (SSSR count). The van der Waals surface area contributed by atoms with Crippen molar-refractivity contribution in [3.05, 3.63) is 67.6 Å². The Bertz CT molecular complexity index is 1920. The zero-order chi connectivity index (χ0) is 34.8. The zero-order valence-corrected chi connectivity index (χ0v) is 31.7. The number of benzene rings is 2. The summed E-state index contributed by atoms with van der Waals surface area (Å²) in [6.07, 6.45) is 5.29. The third-order valence-electron chi connectivity index (χ3n) is 10.8. The van der Waals surface area contributed by atoms with Gasteiger partial charge in [0, 0.05) is 10.0 Å². The molecule has 0 radical (unpaired) electrons. The molecule has 262 valence electrons. The number of likely N-dealkylation sites (N-methyl/N-ethyl adjacent to an activating group) is 2. The van der Waals surface area contributed by atoms with Crippen LogP contribution in [0.4, 0.5) is 0 Å². The maximum absolute atomic E-state index is 13.4. The van der Waals surface area contributed by atoms with Crippen molar-refractivity contribution < 1.29 is 19.1 Å². The number of allylic oxidation sites excluding steroid dienone is 2. The van der Waals surface area contributed by atoms with Gasteiger partial charge in [-0.1, -0.05) is 23.2 Å². The lowest BCUT2D eigenvalue weighted by Crippen LogP contribution is -2.38. The highest BCUT2D eigenvalue weighted by molar-refractivity contribution is 7.20. The molecule has 6 atom stereocenters. The fourth-order valence-electron chi connectivity index (χ4n) is 8.72. The van der Waals surface area contributed by atoms with E-state index in [9.17, 15) is 9.59 Å². The molecular formula is C38H40Cl2N4O4S2. The van der Waals surface area contributed by atoms with Crippen LogP contribution in [-0.4, -0.2) is 72.4 Å². The van der Waals surface area contributed by atoms with Gasteiger partial charge in [0.05, 0.1) is 33.3 Å². The van der Waals surface area contributed by atoms with Crippen molar-refractivity contribution in [3.8, 4) is 0 Å². The number of fused-ring (bicyclic) bond motifs is 6. The molecular weight excluding hydrogens is 711 g/mol. The van der Waals surface area contributed by atoms with Crippen molar-refractivity contribution in [3.63, 3.8) is 0 Å². The predicted octanol–water partition coefficient (Wildman–Crippen LogP) is 8.92. The lowest BCUT2D eigenvalue weighted by atomic mass is 9.90. The van der Waals surface area contributed by atoms with Gasteiger partial charge < -0.3 is 9.47 Å². The standard InChI is InChI=1S/C38H40Cl2N4O4S2/c1-43(2)37(33-21-7-5-19(15-21)31(33)35-41-25-11-9-23(39)17-27(25)49-35)47-29(45)13-14-30(46)48-38(44(3)4)34-22-8-6-20(16-22)32(34)36-42-26-12-10-24(40)18-28(26)50-36/h9-12,17-22,37-38H,5-8,13-16H2,1-4H3. The Morgan fingerprint density at radius 1 is 0.700 bits per heavy atom. The molecule has 50 heavy (non-hydrogen) atoms. The van der Waals surface area contributed by atoms with Gasteiger partial charge >= 0.3 is 11.9 Å². The van der Waals surface area contributed by atoms with Crippen molar-refractivity contribution >= 4 is 89.4 Å². The van der Waals surface area contributed by atoms with Crippen LogP contribution in [0.5, 0.6) is 0 Å². The maximum Gasteiger partial charge on any atom is 0.308 e. The van der Waals surface area contributed by atoms with Crippen LogP contribution in [0.3, 0.4) is 0 Å². The third kappa shape index (κ3) is 6.30. The molecule has 0 aliphatic heterocycles. The number of esters is 2. The van der Waals surface area contributed by atoms with E-state index in [-0.39, 0.29) is 12.8 Å². The summed E-state index contributed by atoms with van der Waals surface area (Å²) in [6.45, 7) is 0. The van der Waals surface area contributed by atoms with E-state index in [1.165, 1.54) is 11.1 Å². The van der Waals surface area contributed by atoms with Crippen molar-refractivity contribution in [2.45, 2.75) is 63.8 Å². The molecule has 12 heteroatoms. The van der Waals surface area contributed by atoms with Crippen molar-refractivity contribution in [2.75, 3.05) is 28.2 Å². The molecule has 2 aromatic carbocycles. The lowest BCUT2D eigenvalue weighted by molar-refractivity contribution is -0.161.